The predicted molar refractivity (Wildman–Crippen MR) is 100 cm³/mol. The van der Waals surface area contributed by atoms with Gasteiger partial charge in [0.05, 0.1) is 13.1 Å². The molecule has 146 valence electrons. The molecule has 1 aliphatic heterocycles. The molecule has 1 heterocycles. The van der Waals surface area contributed by atoms with E-state index in [4.69, 9.17) is 4.74 Å². The molecule has 2 aromatic rings. The minimum atomic E-state index is -0.332. The normalized spacial score (nSPS) is 13.7. The number of amides is 3. The molecule has 1 aliphatic rings. The fraction of sp³-hybridized carbons (Fsp3) is 0.286. The van der Waals surface area contributed by atoms with Crippen molar-refractivity contribution in [1.29, 1.82) is 0 Å². The summed E-state index contributed by atoms with van der Waals surface area (Å²) in [5.74, 6) is -0.279. The Hall–Kier alpha value is -3.22. The molecule has 0 spiro atoms. The number of hydrogen-bond acceptors (Lipinski definition) is 4. The molecule has 0 N–H and O–H groups in total. The molecule has 7 heteroatoms. The first-order chi connectivity index (χ1) is 13.4. The number of likely N-dealkylation sites (N-methyl/N-ethyl adjacent to an activating group) is 1. The summed E-state index contributed by atoms with van der Waals surface area (Å²) < 4.78 is 18.4. The maximum absolute atomic E-state index is 12.9. The van der Waals surface area contributed by atoms with Crippen molar-refractivity contribution in [2.75, 3.05) is 20.2 Å². The summed E-state index contributed by atoms with van der Waals surface area (Å²) in [7, 11) is 1.67. The number of hydrogen-bond donors (Lipinski definition) is 0. The van der Waals surface area contributed by atoms with Crippen molar-refractivity contribution in [3.63, 3.8) is 0 Å². The first kappa shape index (κ1) is 19.5. The Labute approximate surface area is 162 Å². The van der Waals surface area contributed by atoms with Crippen LogP contribution >= 0.6 is 0 Å². The van der Waals surface area contributed by atoms with Crippen molar-refractivity contribution in [2.45, 2.75) is 19.4 Å². The highest BCUT2D eigenvalue weighted by molar-refractivity contribution is 6.01. The Kier molecular flexibility index (Phi) is 6.03. The zero-order valence-electron chi connectivity index (χ0n) is 15.6. The van der Waals surface area contributed by atoms with E-state index in [1.165, 1.54) is 34.1 Å². The SMILES string of the molecule is CN(CCOc1ccc(F)cc1)C(=O)c1ccc(CN2C(=O)CCC2=O)cc1. The smallest absolute Gasteiger partial charge is 0.253 e. The molecular weight excluding hydrogens is 363 g/mol. The number of rotatable bonds is 7. The molecule has 1 saturated heterocycles. The summed E-state index contributed by atoms with van der Waals surface area (Å²) in [5.41, 5.74) is 1.30. The molecule has 6 nitrogen and oxygen atoms in total. The van der Waals surface area contributed by atoms with Crippen LogP contribution in [0.15, 0.2) is 48.5 Å². The van der Waals surface area contributed by atoms with Gasteiger partial charge in [0.15, 0.2) is 0 Å². The van der Waals surface area contributed by atoms with E-state index >= 15 is 0 Å². The highest BCUT2D eigenvalue weighted by Gasteiger charge is 2.28. The quantitative estimate of drug-likeness (QED) is 0.689. The molecule has 0 atom stereocenters. The van der Waals surface area contributed by atoms with Gasteiger partial charge in [-0.2, -0.15) is 0 Å². The van der Waals surface area contributed by atoms with E-state index in [-0.39, 0.29) is 49.5 Å². The molecule has 1 fully saturated rings. The lowest BCUT2D eigenvalue weighted by molar-refractivity contribution is -0.139. The number of nitrogens with zero attached hydrogens (tertiary/aromatic N) is 2. The van der Waals surface area contributed by atoms with Crippen LogP contribution in [-0.4, -0.2) is 47.7 Å². The standard InChI is InChI=1S/C21H21FN2O4/c1-23(12-13-28-18-8-6-17(22)7-9-18)21(27)16-4-2-15(3-5-16)14-24-19(25)10-11-20(24)26/h2-9H,10-14H2,1H3. The molecule has 3 amide bonds. The van der Waals surface area contributed by atoms with Gasteiger partial charge in [0.1, 0.15) is 18.2 Å². The lowest BCUT2D eigenvalue weighted by Crippen LogP contribution is -2.31. The van der Waals surface area contributed by atoms with E-state index in [0.717, 1.165) is 5.56 Å². The molecule has 3 rings (SSSR count). The Bertz CT molecular complexity index is 849. The third kappa shape index (κ3) is 4.73. The number of carbonyl (C=O) groups is 3. The van der Waals surface area contributed by atoms with E-state index < -0.39 is 0 Å². The lowest BCUT2D eigenvalue weighted by Gasteiger charge is -2.18. The van der Waals surface area contributed by atoms with Gasteiger partial charge >= 0.3 is 0 Å². The molecular formula is C21H21FN2O4. The number of benzene rings is 2. The highest BCUT2D eigenvalue weighted by atomic mass is 19.1. The third-order valence-corrected chi connectivity index (χ3v) is 4.55. The van der Waals surface area contributed by atoms with Crippen molar-refractivity contribution in [1.82, 2.24) is 9.80 Å². The summed E-state index contributed by atoms with van der Waals surface area (Å²) in [6, 6.07) is 12.5. The second-order valence-corrected chi connectivity index (χ2v) is 6.60. The van der Waals surface area contributed by atoms with E-state index in [1.807, 2.05) is 0 Å². The Balaban J connectivity index is 1.51. The number of imide groups is 1. The molecule has 0 saturated carbocycles. The fourth-order valence-electron chi connectivity index (χ4n) is 2.89. The molecule has 0 aliphatic carbocycles. The van der Waals surface area contributed by atoms with Gasteiger partial charge < -0.3 is 9.64 Å². The van der Waals surface area contributed by atoms with Crippen LogP contribution in [0.2, 0.25) is 0 Å². The Morgan fingerprint density at radius 2 is 1.64 bits per heavy atom. The second-order valence-electron chi connectivity index (χ2n) is 6.60. The maximum Gasteiger partial charge on any atom is 0.253 e. The van der Waals surface area contributed by atoms with Crippen LogP contribution in [-0.2, 0) is 16.1 Å². The zero-order chi connectivity index (χ0) is 20.1. The van der Waals surface area contributed by atoms with E-state index in [1.54, 1.807) is 31.3 Å². The largest absolute Gasteiger partial charge is 0.492 e. The minimum absolute atomic E-state index is 0.161. The van der Waals surface area contributed by atoms with Crippen molar-refractivity contribution in [3.05, 3.63) is 65.5 Å². The number of carbonyl (C=O) groups excluding carboxylic acids is 3. The fourth-order valence-corrected chi connectivity index (χ4v) is 2.89. The highest BCUT2D eigenvalue weighted by Crippen LogP contribution is 2.17. The Morgan fingerprint density at radius 1 is 1.04 bits per heavy atom. The lowest BCUT2D eigenvalue weighted by atomic mass is 10.1. The summed E-state index contributed by atoms with van der Waals surface area (Å²) in [5, 5.41) is 0. The van der Waals surface area contributed by atoms with Gasteiger partial charge in [-0.15, -0.1) is 0 Å². The van der Waals surface area contributed by atoms with Crippen LogP contribution < -0.4 is 4.74 Å². The van der Waals surface area contributed by atoms with Crippen LogP contribution in [0.1, 0.15) is 28.8 Å². The van der Waals surface area contributed by atoms with Gasteiger partial charge in [-0.1, -0.05) is 12.1 Å². The average Bonchev–Trinajstić information content (AvgIpc) is 3.01. The monoisotopic (exact) mass is 384 g/mol. The minimum Gasteiger partial charge on any atom is -0.492 e. The van der Waals surface area contributed by atoms with Crippen molar-refractivity contribution in [3.8, 4) is 5.75 Å². The van der Waals surface area contributed by atoms with E-state index in [9.17, 15) is 18.8 Å². The van der Waals surface area contributed by atoms with Crippen LogP contribution in [0.4, 0.5) is 4.39 Å². The first-order valence-electron chi connectivity index (χ1n) is 9.00. The van der Waals surface area contributed by atoms with Crippen LogP contribution in [0, 0.1) is 5.82 Å². The van der Waals surface area contributed by atoms with Crippen LogP contribution in [0.25, 0.3) is 0 Å². The molecule has 2 aromatic carbocycles. The summed E-state index contributed by atoms with van der Waals surface area (Å²) in [4.78, 5) is 38.6. The zero-order valence-corrected chi connectivity index (χ0v) is 15.6. The summed E-state index contributed by atoms with van der Waals surface area (Å²) in [6.45, 7) is 0.882. The number of likely N-dealkylation sites (tertiary alicyclic amines) is 1. The molecule has 0 radical (unpaired) electrons. The second kappa shape index (κ2) is 8.65. The molecule has 28 heavy (non-hydrogen) atoms. The van der Waals surface area contributed by atoms with Gasteiger partial charge in [-0.3, -0.25) is 19.3 Å². The third-order valence-electron chi connectivity index (χ3n) is 4.55. The topological polar surface area (TPSA) is 66.9 Å². The first-order valence-corrected chi connectivity index (χ1v) is 9.00. The van der Waals surface area contributed by atoms with Gasteiger partial charge in [0, 0.05) is 25.5 Å². The summed E-state index contributed by atoms with van der Waals surface area (Å²) in [6.07, 6.45) is 0.528. The molecule has 0 bridgehead atoms. The van der Waals surface area contributed by atoms with E-state index in [2.05, 4.69) is 0 Å². The molecule has 0 unspecified atom stereocenters. The van der Waals surface area contributed by atoms with Crippen LogP contribution in [0.3, 0.4) is 0 Å². The number of halogens is 1. The van der Waals surface area contributed by atoms with Gasteiger partial charge in [-0.25, -0.2) is 4.39 Å². The van der Waals surface area contributed by atoms with Crippen molar-refractivity contribution in [2.24, 2.45) is 0 Å². The Morgan fingerprint density at radius 3 is 2.25 bits per heavy atom. The summed E-state index contributed by atoms with van der Waals surface area (Å²) >= 11 is 0. The van der Waals surface area contributed by atoms with Crippen molar-refractivity contribution < 1.29 is 23.5 Å². The van der Waals surface area contributed by atoms with Gasteiger partial charge in [-0.05, 0) is 42.0 Å². The van der Waals surface area contributed by atoms with Crippen LogP contribution in [0.5, 0.6) is 5.75 Å². The van der Waals surface area contributed by atoms with E-state index in [0.29, 0.717) is 17.9 Å². The predicted octanol–water partition coefficient (Wildman–Crippen LogP) is 2.63. The maximum atomic E-state index is 12.9. The van der Waals surface area contributed by atoms with Gasteiger partial charge in [0.2, 0.25) is 11.8 Å². The molecule has 0 aromatic heterocycles. The number of ether oxygens (including phenoxy) is 1. The van der Waals surface area contributed by atoms with Gasteiger partial charge in [0.25, 0.3) is 5.91 Å². The average molecular weight is 384 g/mol. The van der Waals surface area contributed by atoms with Crippen molar-refractivity contribution >= 4 is 17.7 Å².